The van der Waals surface area contributed by atoms with Crippen molar-refractivity contribution in [2.24, 2.45) is 5.14 Å². The topological polar surface area (TPSA) is 119 Å². The van der Waals surface area contributed by atoms with Gasteiger partial charge in [0.05, 0.1) is 16.2 Å². The molecule has 0 saturated carbocycles. The summed E-state index contributed by atoms with van der Waals surface area (Å²) < 4.78 is 62.9. The normalized spacial score (nSPS) is 12.3. The van der Waals surface area contributed by atoms with E-state index in [1.165, 1.54) is 24.3 Å². The SMILES string of the molecule is Cc1ccc(NC(=O)CSc2nnc3ccc(C(F)(F)F)cn23)cc1S(N)(=O)=O. The zero-order valence-electron chi connectivity index (χ0n) is 14.8. The van der Waals surface area contributed by atoms with E-state index in [9.17, 15) is 26.4 Å². The van der Waals surface area contributed by atoms with Gasteiger partial charge in [0.25, 0.3) is 0 Å². The molecule has 0 spiro atoms. The van der Waals surface area contributed by atoms with Gasteiger partial charge in [-0.15, -0.1) is 10.2 Å². The maximum Gasteiger partial charge on any atom is 0.417 e. The van der Waals surface area contributed by atoms with Crippen molar-refractivity contribution in [3.63, 3.8) is 0 Å². The number of rotatable bonds is 5. The van der Waals surface area contributed by atoms with Crippen molar-refractivity contribution in [2.45, 2.75) is 23.2 Å². The lowest BCUT2D eigenvalue weighted by atomic mass is 10.2. The van der Waals surface area contributed by atoms with Crippen LogP contribution in [0.1, 0.15) is 11.1 Å². The summed E-state index contributed by atoms with van der Waals surface area (Å²) in [5.41, 5.74) is -0.0190. The molecule has 0 unspecified atom stereocenters. The Morgan fingerprint density at radius 1 is 1.24 bits per heavy atom. The highest BCUT2D eigenvalue weighted by molar-refractivity contribution is 7.99. The second-order valence-electron chi connectivity index (χ2n) is 5.99. The number of alkyl halides is 3. The third-order valence-corrected chi connectivity index (χ3v) is 5.81. The molecule has 3 rings (SSSR count). The number of aromatic nitrogens is 3. The number of amides is 1. The molecule has 2 aromatic heterocycles. The van der Waals surface area contributed by atoms with Crippen LogP contribution in [0.15, 0.2) is 46.6 Å². The summed E-state index contributed by atoms with van der Waals surface area (Å²) in [4.78, 5) is 12.0. The average Bonchev–Trinajstić information content (AvgIpc) is 3.02. The lowest BCUT2D eigenvalue weighted by Crippen LogP contribution is -2.17. The monoisotopic (exact) mass is 445 g/mol. The molecule has 154 valence electrons. The van der Waals surface area contributed by atoms with Gasteiger partial charge >= 0.3 is 6.18 Å². The molecule has 2 heterocycles. The standard InChI is InChI=1S/C16H14F3N5O3S2/c1-9-2-4-11(6-12(9)29(20,26)27)21-14(25)8-28-15-23-22-13-5-3-10(7-24(13)15)16(17,18)19/h2-7H,8H2,1H3,(H,21,25)(H2,20,26,27). The van der Waals surface area contributed by atoms with E-state index in [1.807, 2.05) is 0 Å². The zero-order chi connectivity index (χ0) is 21.4. The van der Waals surface area contributed by atoms with Crippen molar-refractivity contribution < 1.29 is 26.4 Å². The molecular formula is C16H14F3N5O3S2. The number of hydrogen-bond acceptors (Lipinski definition) is 6. The van der Waals surface area contributed by atoms with Crippen LogP contribution in [0.5, 0.6) is 0 Å². The molecule has 0 aliphatic rings. The molecule has 0 radical (unpaired) electrons. The van der Waals surface area contributed by atoms with Crippen molar-refractivity contribution in [3.8, 4) is 0 Å². The number of thioether (sulfide) groups is 1. The number of anilines is 1. The predicted octanol–water partition coefficient (Wildman–Crippen LogP) is 2.43. The first kappa shape index (κ1) is 21.1. The first-order valence-electron chi connectivity index (χ1n) is 7.93. The Balaban J connectivity index is 1.73. The minimum atomic E-state index is -4.52. The smallest absolute Gasteiger partial charge is 0.325 e. The molecule has 0 aliphatic heterocycles. The summed E-state index contributed by atoms with van der Waals surface area (Å²) >= 11 is 0.883. The van der Waals surface area contributed by atoms with Crippen molar-refractivity contribution in [2.75, 3.05) is 11.1 Å². The molecule has 0 fully saturated rings. The van der Waals surface area contributed by atoms with Crippen LogP contribution in [0.4, 0.5) is 18.9 Å². The number of halogens is 3. The van der Waals surface area contributed by atoms with Crippen molar-refractivity contribution in [1.82, 2.24) is 14.6 Å². The van der Waals surface area contributed by atoms with Crippen LogP contribution in [-0.4, -0.2) is 34.7 Å². The highest BCUT2D eigenvalue weighted by Crippen LogP contribution is 2.30. The summed E-state index contributed by atoms with van der Waals surface area (Å²) in [6.07, 6.45) is -3.67. The number of fused-ring (bicyclic) bond motifs is 1. The summed E-state index contributed by atoms with van der Waals surface area (Å²) in [6.45, 7) is 1.56. The van der Waals surface area contributed by atoms with Gasteiger partial charge < -0.3 is 5.32 Å². The molecule has 29 heavy (non-hydrogen) atoms. The van der Waals surface area contributed by atoms with E-state index in [0.717, 1.165) is 28.4 Å². The molecule has 1 aromatic carbocycles. The lowest BCUT2D eigenvalue weighted by Gasteiger charge is -2.09. The van der Waals surface area contributed by atoms with Crippen LogP contribution in [0, 0.1) is 6.92 Å². The Labute approximate surface area is 167 Å². The van der Waals surface area contributed by atoms with Gasteiger partial charge in [0.15, 0.2) is 10.8 Å². The maximum absolute atomic E-state index is 12.9. The summed E-state index contributed by atoms with van der Waals surface area (Å²) in [7, 11) is -3.95. The number of benzene rings is 1. The van der Waals surface area contributed by atoms with Crippen LogP contribution in [0.25, 0.3) is 5.65 Å². The summed E-state index contributed by atoms with van der Waals surface area (Å²) in [5.74, 6) is -0.696. The van der Waals surface area contributed by atoms with Gasteiger partial charge in [-0.3, -0.25) is 9.20 Å². The van der Waals surface area contributed by atoms with Gasteiger partial charge in [0.1, 0.15) is 0 Å². The van der Waals surface area contributed by atoms with Gasteiger partial charge in [-0.05, 0) is 36.8 Å². The first-order chi connectivity index (χ1) is 13.4. The van der Waals surface area contributed by atoms with Crippen molar-refractivity contribution in [1.29, 1.82) is 0 Å². The minimum absolute atomic E-state index is 0.107. The second kappa shape index (κ2) is 7.65. The fourth-order valence-corrected chi connectivity index (χ4v) is 3.97. The molecule has 0 bridgehead atoms. The Bertz CT molecular complexity index is 1190. The molecule has 3 N–H and O–H groups in total. The minimum Gasteiger partial charge on any atom is -0.325 e. The molecule has 0 atom stereocenters. The van der Waals surface area contributed by atoms with E-state index in [1.54, 1.807) is 6.92 Å². The van der Waals surface area contributed by atoms with E-state index < -0.39 is 27.7 Å². The number of carbonyl (C=O) groups excluding carboxylic acids is 1. The lowest BCUT2D eigenvalue weighted by molar-refractivity contribution is -0.137. The number of nitrogens with two attached hydrogens (primary N) is 1. The number of sulfonamides is 1. The Hall–Kier alpha value is -2.64. The number of primary sulfonamides is 1. The van der Waals surface area contributed by atoms with Crippen molar-refractivity contribution in [3.05, 3.63) is 47.7 Å². The quantitative estimate of drug-likeness (QED) is 0.582. The van der Waals surface area contributed by atoms with Crippen LogP contribution in [-0.2, 0) is 21.0 Å². The third-order valence-electron chi connectivity index (χ3n) is 3.81. The van der Waals surface area contributed by atoms with Gasteiger partial charge in [-0.25, -0.2) is 13.6 Å². The van der Waals surface area contributed by atoms with Gasteiger partial charge in [-0.1, -0.05) is 17.8 Å². The molecule has 13 heteroatoms. The van der Waals surface area contributed by atoms with E-state index in [4.69, 9.17) is 5.14 Å². The highest BCUT2D eigenvalue weighted by atomic mass is 32.2. The van der Waals surface area contributed by atoms with Gasteiger partial charge in [0, 0.05) is 11.9 Å². The third kappa shape index (κ3) is 4.86. The largest absolute Gasteiger partial charge is 0.417 e. The van der Waals surface area contributed by atoms with Crippen LogP contribution in [0.2, 0.25) is 0 Å². The number of nitrogens with zero attached hydrogens (tertiary/aromatic N) is 3. The van der Waals surface area contributed by atoms with E-state index in [2.05, 4.69) is 15.5 Å². The molecular weight excluding hydrogens is 431 g/mol. The zero-order valence-corrected chi connectivity index (χ0v) is 16.4. The van der Waals surface area contributed by atoms with E-state index >= 15 is 0 Å². The number of aryl methyl sites for hydroxylation is 1. The Morgan fingerprint density at radius 2 is 1.97 bits per heavy atom. The molecule has 8 nitrogen and oxygen atoms in total. The predicted molar refractivity (Wildman–Crippen MR) is 99.9 cm³/mol. The Morgan fingerprint density at radius 3 is 2.62 bits per heavy atom. The molecule has 0 aliphatic carbocycles. The van der Waals surface area contributed by atoms with Crippen LogP contribution < -0.4 is 10.5 Å². The van der Waals surface area contributed by atoms with Crippen molar-refractivity contribution >= 4 is 39.0 Å². The van der Waals surface area contributed by atoms with Gasteiger partial charge in [-0.2, -0.15) is 13.2 Å². The molecule has 0 saturated heterocycles. The first-order valence-corrected chi connectivity index (χ1v) is 10.5. The average molecular weight is 445 g/mol. The second-order valence-corrected chi connectivity index (χ2v) is 8.46. The molecule has 1 amide bonds. The van der Waals surface area contributed by atoms with E-state index in [0.29, 0.717) is 5.56 Å². The number of nitrogens with one attached hydrogen (secondary N) is 1. The number of pyridine rings is 1. The number of hydrogen-bond donors (Lipinski definition) is 2. The van der Waals surface area contributed by atoms with Crippen LogP contribution >= 0.6 is 11.8 Å². The fraction of sp³-hybridized carbons (Fsp3) is 0.188. The maximum atomic E-state index is 12.9. The molecule has 3 aromatic rings. The van der Waals surface area contributed by atoms with E-state index in [-0.39, 0.29) is 27.1 Å². The summed E-state index contributed by atoms with van der Waals surface area (Å²) in [5, 5.41) is 15.3. The number of carbonyl (C=O) groups is 1. The van der Waals surface area contributed by atoms with Gasteiger partial charge in [0.2, 0.25) is 15.9 Å². The highest BCUT2D eigenvalue weighted by Gasteiger charge is 2.31. The Kier molecular flexibility index (Phi) is 5.56. The van der Waals surface area contributed by atoms with Crippen LogP contribution in [0.3, 0.4) is 0 Å². The fourth-order valence-electron chi connectivity index (χ4n) is 2.45. The summed E-state index contributed by atoms with van der Waals surface area (Å²) in [6, 6.07) is 6.31.